The first kappa shape index (κ1) is 21.7. The molecule has 2 N–H and O–H groups in total. The second-order valence-electron chi connectivity index (χ2n) is 7.63. The largest absolute Gasteiger partial charge is 0.486 e. The van der Waals surface area contributed by atoms with Crippen molar-refractivity contribution in [3.63, 3.8) is 0 Å². The van der Waals surface area contributed by atoms with Gasteiger partial charge in [0.2, 0.25) is 0 Å². The highest BCUT2D eigenvalue weighted by atomic mass is 35.5. The maximum atomic E-state index is 11.1. The third-order valence-electron chi connectivity index (χ3n) is 4.86. The van der Waals surface area contributed by atoms with Gasteiger partial charge in [-0.2, -0.15) is 5.10 Å². The first-order valence-electron chi connectivity index (χ1n) is 9.92. The molecule has 3 rings (SSSR count). The number of ether oxygens (including phenoxy) is 1. The van der Waals surface area contributed by atoms with E-state index in [-0.39, 0.29) is 18.4 Å². The highest BCUT2D eigenvalue weighted by molar-refractivity contribution is 6.34. The molecule has 0 fully saturated rings. The van der Waals surface area contributed by atoms with Gasteiger partial charge in [0, 0.05) is 10.9 Å². The molecule has 0 radical (unpaired) electrons. The Morgan fingerprint density at radius 3 is 2.60 bits per heavy atom. The number of hydrogen-bond acceptors (Lipinski definition) is 3. The van der Waals surface area contributed by atoms with E-state index in [9.17, 15) is 4.79 Å². The molecule has 0 aliphatic carbocycles. The summed E-state index contributed by atoms with van der Waals surface area (Å²) in [6.07, 6.45) is 0.587. The molecular formula is C24H25ClN2O3. The van der Waals surface area contributed by atoms with E-state index < -0.39 is 5.97 Å². The zero-order valence-electron chi connectivity index (χ0n) is 17.3. The third kappa shape index (κ3) is 5.14. The molecule has 6 heteroatoms. The molecule has 1 heterocycles. The summed E-state index contributed by atoms with van der Waals surface area (Å²) in [4.78, 5) is 11.1. The van der Waals surface area contributed by atoms with Crippen molar-refractivity contribution in [3.05, 3.63) is 58.7 Å². The van der Waals surface area contributed by atoms with Crippen LogP contribution in [0.5, 0.6) is 5.75 Å². The lowest BCUT2D eigenvalue weighted by molar-refractivity contribution is -0.137. The summed E-state index contributed by atoms with van der Waals surface area (Å²) in [7, 11) is 0. The number of aliphatic carboxylic acids is 1. The maximum absolute atomic E-state index is 11.1. The number of carbonyl (C=O) groups is 1. The van der Waals surface area contributed by atoms with Crippen LogP contribution in [0.4, 0.5) is 0 Å². The average Bonchev–Trinajstić information content (AvgIpc) is 3.08. The minimum atomic E-state index is -0.870. The third-order valence-corrected chi connectivity index (χ3v) is 5.13. The van der Waals surface area contributed by atoms with E-state index in [0.717, 1.165) is 28.5 Å². The van der Waals surface area contributed by atoms with Crippen molar-refractivity contribution in [2.75, 3.05) is 0 Å². The number of benzene rings is 2. The van der Waals surface area contributed by atoms with Crippen LogP contribution in [0, 0.1) is 17.8 Å². The number of fused-ring (bicyclic) bond motifs is 1. The molecule has 30 heavy (non-hydrogen) atoms. The van der Waals surface area contributed by atoms with Crippen molar-refractivity contribution < 1.29 is 14.6 Å². The van der Waals surface area contributed by atoms with Gasteiger partial charge in [0.15, 0.2) is 0 Å². The van der Waals surface area contributed by atoms with Gasteiger partial charge in [-0.1, -0.05) is 55.6 Å². The summed E-state index contributed by atoms with van der Waals surface area (Å²) in [5.74, 6) is 5.69. The van der Waals surface area contributed by atoms with E-state index in [0.29, 0.717) is 16.8 Å². The first-order chi connectivity index (χ1) is 14.4. The number of nitrogens with one attached hydrogen (secondary N) is 1. The molecule has 2 atom stereocenters. The number of halogens is 1. The predicted molar refractivity (Wildman–Crippen MR) is 119 cm³/mol. The summed E-state index contributed by atoms with van der Waals surface area (Å²) in [5, 5.41) is 17.6. The van der Waals surface area contributed by atoms with E-state index >= 15 is 0 Å². The molecule has 0 saturated heterocycles. The highest BCUT2D eigenvalue weighted by Crippen LogP contribution is 2.35. The van der Waals surface area contributed by atoms with E-state index in [1.54, 1.807) is 6.92 Å². The molecule has 5 nitrogen and oxygen atoms in total. The van der Waals surface area contributed by atoms with Gasteiger partial charge in [-0.05, 0) is 43.0 Å². The van der Waals surface area contributed by atoms with Gasteiger partial charge in [0.1, 0.15) is 17.0 Å². The number of nitrogens with zero attached hydrogens (tertiary/aromatic N) is 1. The average molecular weight is 425 g/mol. The van der Waals surface area contributed by atoms with Gasteiger partial charge in [-0.25, -0.2) is 0 Å². The standard InChI is InChI=1S/C24H25ClN2O3/c1-4-6-17(14-22(28)29)16-9-11-18(12-10-16)30-21(13-15(2)3)19-7-5-8-20-23(19)24(25)27-26-20/h5,7-12,15,17,21H,13-14H2,1-3H3,(H,26,27)(H,28,29)/t17?,21-/m0/s1. The van der Waals surface area contributed by atoms with Crippen molar-refractivity contribution in [1.82, 2.24) is 10.2 Å². The molecule has 1 unspecified atom stereocenters. The number of aromatic nitrogens is 2. The topological polar surface area (TPSA) is 75.2 Å². The lowest BCUT2D eigenvalue weighted by Gasteiger charge is -2.22. The molecule has 0 aliphatic heterocycles. The second kappa shape index (κ2) is 9.69. The Kier molecular flexibility index (Phi) is 7.02. The number of aromatic amines is 1. The van der Waals surface area contributed by atoms with Crippen LogP contribution in [-0.4, -0.2) is 21.3 Å². The van der Waals surface area contributed by atoms with Crippen LogP contribution >= 0.6 is 11.6 Å². The van der Waals surface area contributed by atoms with Crippen LogP contribution in [0.15, 0.2) is 42.5 Å². The minimum Gasteiger partial charge on any atom is -0.486 e. The van der Waals surface area contributed by atoms with Crippen molar-refractivity contribution in [2.24, 2.45) is 5.92 Å². The normalized spacial score (nSPS) is 13.0. The Labute approximate surface area is 181 Å². The molecule has 0 aliphatic rings. The van der Waals surface area contributed by atoms with Gasteiger partial charge in [0.25, 0.3) is 0 Å². The number of hydrogen-bond donors (Lipinski definition) is 2. The predicted octanol–water partition coefficient (Wildman–Crippen LogP) is 5.96. The van der Waals surface area contributed by atoms with Crippen molar-refractivity contribution in [3.8, 4) is 17.6 Å². The van der Waals surface area contributed by atoms with Crippen LogP contribution in [0.2, 0.25) is 5.15 Å². The fraction of sp³-hybridized carbons (Fsp3) is 0.333. The summed E-state index contributed by atoms with van der Waals surface area (Å²) in [6, 6.07) is 13.4. The van der Waals surface area contributed by atoms with Crippen molar-refractivity contribution in [2.45, 2.75) is 45.6 Å². The van der Waals surface area contributed by atoms with Gasteiger partial charge < -0.3 is 9.84 Å². The number of carboxylic acid groups (broad SMARTS) is 1. The Hall–Kier alpha value is -2.97. The van der Waals surface area contributed by atoms with Crippen LogP contribution in [0.25, 0.3) is 10.9 Å². The number of H-pyrrole nitrogens is 1. The zero-order chi connectivity index (χ0) is 21.7. The Balaban J connectivity index is 1.89. The quantitative estimate of drug-likeness (QED) is 0.437. The Bertz CT molecular complexity index is 1080. The second-order valence-corrected chi connectivity index (χ2v) is 8.01. The fourth-order valence-electron chi connectivity index (χ4n) is 3.53. The van der Waals surface area contributed by atoms with Crippen molar-refractivity contribution in [1.29, 1.82) is 0 Å². The summed E-state index contributed by atoms with van der Waals surface area (Å²) in [5.41, 5.74) is 2.66. The molecule has 0 amide bonds. The van der Waals surface area contributed by atoms with Crippen LogP contribution in [-0.2, 0) is 4.79 Å². The number of rotatable bonds is 8. The van der Waals surface area contributed by atoms with Crippen LogP contribution < -0.4 is 4.74 Å². The molecule has 156 valence electrons. The monoisotopic (exact) mass is 424 g/mol. The van der Waals surface area contributed by atoms with Gasteiger partial charge in [0.05, 0.1) is 17.9 Å². The molecule has 0 bridgehead atoms. The minimum absolute atomic E-state index is 0.0298. The SMILES string of the molecule is CC#CC(CC(=O)O)c1ccc(O[C@@H](CC(C)C)c2cccc3n[nH]c(Cl)c23)cc1. The Morgan fingerprint density at radius 2 is 1.97 bits per heavy atom. The fourth-order valence-corrected chi connectivity index (χ4v) is 3.78. The van der Waals surface area contributed by atoms with E-state index in [2.05, 4.69) is 35.9 Å². The molecule has 0 saturated carbocycles. The van der Waals surface area contributed by atoms with Crippen LogP contribution in [0.3, 0.4) is 0 Å². The smallest absolute Gasteiger partial charge is 0.304 e. The molecule has 2 aromatic carbocycles. The van der Waals surface area contributed by atoms with E-state index in [1.165, 1.54) is 0 Å². The van der Waals surface area contributed by atoms with E-state index in [4.69, 9.17) is 21.4 Å². The summed E-state index contributed by atoms with van der Waals surface area (Å²) in [6.45, 7) is 6.01. The lowest BCUT2D eigenvalue weighted by Crippen LogP contribution is -2.11. The van der Waals surface area contributed by atoms with Gasteiger partial charge >= 0.3 is 5.97 Å². The Morgan fingerprint density at radius 1 is 1.23 bits per heavy atom. The summed E-state index contributed by atoms with van der Waals surface area (Å²) < 4.78 is 6.37. The molecule has 0 spiro atoms. The lowest BCUT2D eigenvalue weighted by atomic mass is 9.95. The van der Waals surface area contributed by atoms with Crippen LogP contribution in [0.1, 0.15) is 56.8 Å². The molecule has 3 aromatic rings. The number of carboxylic acids is 1. The van der Waals surface area contributed by atoms with Gasteiger partial charge in [-0.15, -0.1) is 5.92 Å². The van der Waals surface area contributed by atoms with E-state index in [1.807, 2.05) is 42.5 Å². The van der Waals surface area contributed by atoms with Gasteiger partial charge in [-0.3, -0.25) is 9.89 Å². The summed E-state index contributed by atoms with van der Waals surface area (Å²) >= 11 is 6.35. The zero-order valence-corrected chi connectivity index (χ0v) is 18.0. The maximum Gasteiger partial charge on any atom is 0.304 e. The first-order valence-corrected chi connectivity index (χ1v) is 10.3. The molecule has 1 aromatic heterocycles. The van der Waals surface area contributed by atoms with Crippen molar-refractivity contribution >= 4 is 28.5 Å². The molecular weight excluding hydrogens is 400 g/mol. The highest BCUT2D eigenvalue weighted by Gasteiger charge is 2.21.